The normalized spacial score (nSPS) is 12.4. The van der Waals surface area contributed by atoms with Gasteiger partial charge in [-0.15, -0.1) is 0 Å². The van der Waals surface area contributed by atoms with E-state index in [2.05, 4.69) is 19.4 Å². The largest absolute Gasteiger partial charge is 0.394 e. The van der Waals surface area contributed by atoms with Crippen molar-refractivity contribution in [1.29, 1.82) is 0 Å². The lowest BCUT2D eigenvalue weighted by molar-refractivity contribution is 0.0917. The summed E-state index contributed by atoms with van der Waals surface area (Å²) in [6.07, 6.45) is 3.24. The molecule has 0 aliphatic heterocycles. The van der Waals surface area contributed by atoms with Crippen molar-refractivity contribution in [3.63, 3.8) is 0 Å². The van der Waals surface area contributed by atoms with E-state index in [1.165, 1.54) is 23.9 Å². The molecule has 34 heavy (non-hydrogen) atoms. The van der Waals surface area contributed by atoms with Crippen LogP contribution in [0.3, 0.4) is 0 Å². The van der Waals surface area contributed by atoms with E-state index in [1.54, 1.807) is 43.3 Å². The number of pyridine rings is 1. The maximum absolute atomic E-state index is 13.2. The van der Waals surface area contributed by atoms with Crippen LogP contribution in [0.25, 0.3) is 10.1 Å². The SMILES string of the molecule is Cc1ccc(C(=O)NC(CO)Cc2ccc(Cl)cc2)c(NS(=O)(=O)c2nccc3sncc23)c1. The third-order valence-corrected chi connectivity index (χ3v) is 7.45. The molecule has 11 heteroatoms. The summed E-state index contributed by atoms with van der Waals surface area (Å²) in [7, 11) is -4.11. The van der Waals surface area contributed by atoms with Gasteiger partial charge in [-0.2, -0.15) is 12.8 Å². The highest BCUT2D eigenvalue weighted by Crippen LogP contribution is 2.27. The summed E-state index contributed by atoms with van der Waals surface area (Å²) in [5, 5.41) is 13.4. The highest BCUT2D eigenvalue weighted by atomic mass is 35.5. The summed E-state index contributed by atoms with van der Waals surface area (Å²) >= 11 is 7.08. The number of hydrogen-bond donors (Lipinski definition) is 3. The average molecular weight is 517 g/mol. The van der Waals surface area contributed by atoms with Crippen LogP contribution in [0.5, 0.6) is 0 Å². The molecule has 1 amide bonds. The number of carbonyl (C=O) groups excluding carboxylic acids is 1. The van der Waals surface area contributed by atoms with Crippen LogP contribution < -0.4 is 10.0 Å². The summed E-state index contributed by atoms with van der Waals surface area (Å²) in [6.45, 7) is 1.50. The zero-order valence-electron chi connectivity index (χ0n) is 18.0. The zero-order chi connectivity index (χ0) is 24.3. The average Bonchev–Trinajstić information content (AvgIpc) is 3.28. The van der Waals surface area contributed by atoms with Crippen molar-refractivity contribution in [2.24, 2.45) is 0 Å². The Morgan fingerprint density at radius 2 is 1.94 bits per heavy atom. The summed E-state index contributed by atoms with van der Waals surface area (Å²) in [5.41, 5.74) is 1.89. The second-order valence-electron chi connectivity index (χ2n) is 7.69. The van der Waals surface area contributed by atoms with Crippen LogP contribution in [0.4, 0.5) is 5.69 Å². The minimum absolute atomic E-state index is 0.114. The van der Waals surface area contributed by atoms with Crippen LogP contribution in [-0.4, -0.2) is 41.4 Å². The lowest BCUT2D eigenvalue weighted by Gasteiger charge is -2.19. The highest BCUT2D eigenvalue weighted by Gasteiger charge is 2.24. The fourth-order valence-corrected chi connectivity index (χ4v) is 5.49. The van der Waals surface area contributed by atoms with Crippen molar-refractivity contribution in [3.05, 3.63) is 82.6 Å². The third kappa shape index (κ3) is 5.36. The molecule has 0 aliphatic carbocycles. The number of aromatic nitrogens is 2. The molecule has 2 aromatic heterocycles. The first-order valence-electron chi connectivity index (χ1n) is 10.3. The predicted octanol–water partition coefficient (Wildman–Crippen LogP) is 3.79. The first-order valence-corrected chi connectivity index (χ1v) is 12.9. The van der Waals surface area contributed by atoms with Crippen LogP contribution >= 0.6 is 23.1 Å². The number of halogens is 1. The summed E-state index contributed by atoms with van der Waals surface area (Å²) in [5.74, 6) is -0.519. The molecular formula is C23H21ClN4O4S2. The molecule has 1 atom stereocenters. The minimum Gasteiger partial charge on any atom is -0.394 e. The first-order chi connectivity index (χ1) is 16.3. The van der Waals surface area contributed by atoms with E-state index in [1.807, 2.05) is 12.1 Å². The van der Waals surface area contributed by atoms with Crippen LogP contribution in [0.1, 0.15) is 21.5 Å². The van der Waals surface area contributed by atoms with Gasteiger partial charge in [-0.05, 0) is 66.3 Å². The molecule has 0 spiro atoms. The molecule has 2 heterocycles. The molecule has 0 saturated carbocycles. The molecule has 0 fully saturated rings. The number of anilines is 1. The van der Waals surface area contributed by atoms with Gasteiger partial charge in [-0.25, -0.2) is 4.98 Å². The lowest BCUT2D eigenvalue weighted by atomic mass is 10.0. The van der Waals surface area contributed by atoms with Gasteiger partial charge in [0.1, 0.15) is 0 Å². The standard InChI is InChI=1S/C23H21ClN4O4S2/c1-14-2-7-18(22(30)27-17(13-29)11-15-3-5-16(24)6-4-15)20(10-14)28-34(31,32)23-19-12-26-33-21(19)8-9-25-23/h2-10,12,17,28-29H,11,13H2,1H3,(H,27,30). The van der Waals surface area contributed by atoms with E-state index in [-0.39, 0.29) is 22.9 Å². The summed E-state index contributed by atoms with van der Waals surface area (Å²) in [6, 6.07) is 13.0. The quantitative estimate of drug-likeness (QED) is 0.327. The van der Waals surface area contributed by atoms with Crippen molar-refractivity contribution in [2.45, 2.75) is 24.4 Å². The second-order valence-corrected chi connectivity index (χ2v) is 10.6. The fourth-order valence-electron chi connectivity index (χ4n) is 3.45. The van der Waals surface area contributed by atoms with E-state index in [9.17, 15) is 18.3 Å². The van der Waals surface area contributed by atoms with Gasteiger partial charge >= 0.3 is 0 Å². The molecular weight excluding hydrogens is 496 g/mol. The Kier molecular flexibility index (Phi) is 7.13. The number of nitrogens with one attached hydrogen (secondary N) is 2. The molecule has 2 aromatic carbocycles. The molecule has 4 aromatic rings. The van der Waals surface area contributed by atoms with Gasteiger partial charge in [-0.3, -0.25) is 9.52 Å². The van der Waals surface area contributed by atoms with Crippen molar-refractivity contribution in [2.75, 3.05) is 11.3 Å². The molecule has 3 N–H and O–H groups in total. The molecule has 0 bridgehead atoms. The molecule has 0 radical (unpaired) electrons. The van der Waals surface area contributed by atoms with E-state index in [4.69, 9.17) is 11.6 Å². The van der Waals surface area contributed by atoms with E-state index >= 15 is 0 Å². The Hall–Kier alpha value is -3.05. The van der Waals surface area contributed by atoms with Crippen LogP contribution in [0.2, 0.25) is 5.02 Å². The maximum atomic E-state index is 13.2. The Bertz CT molecular complexity index is 1440. The topological polar surface area (TPSA) is 121 Å². The fraction of sp³-hybridized carbons (Fsp3) is 0.174. The smallest absolute Gasteiger partial charge is 0.280 e. The van der Waals surface area contributed by atoms with Gasteiger partial charge in [0.2, 0.25) is 0 Å². The van der Waals surface area contributed by atoms with Crippen LogP contribution in [0.15, 0.2) is 66.0 Å². The molecule has 176 valence electrons. The van der Waals surface area contributed by atoms with Gasteiger partial charge in [-0.1, -0.05) is 29.8 Å². The van der Waals surface area contributed by atoms with E-state index in [0.717, 1.165) is 11.1 Å². The zero-order valence-corrected chi connectivity index (χ0v) is 20.4. The monoisotopic (exact) mass is 516 g/mol. The minimum atomic E-state index is -4.11. The number of rotatable bonds is 8. The number of carbonyl (C=O) groups is 1. The number of aryl methyl sites for hydroxylation is 1. The number of benzene rings is 2. The Balaban J connectivity index is 1.59. The van der Waals surface area contributed by atoms with Crippen molar-refractivity contribution in [1.82, 2.24) is 14.7 Å². The second kappa shape index (κ2) is 10.1. The third-order valence-electron chi connectivity index (χ3n) is 5.12. The lowest BCUT2D eigenvalue weighted by Crippen LogP contribution is -2.39. The number of sulfonamides is 1. The molecule has 0 saturated heterocycles. The summed E-state index contributed by atoms with van der Waals surface area (Å²) < 4.78 is 33.6. The number of aliphatic hydroxyl groups excluding tert-OH is 1. The van der Waals surface area contributed by atoms with Crippen LogP contribution in [-0.2, 0) is 16.4 Å². The highest BCUT2D eigenvalue weighted by molar-refractivity contribution is 7.92. The predicted molar refractivity (Wildman–Crippen MR) is 133 cm³/mol. The van der Waals surface area contributed by atoms with Gasteiger partial charge in [0.05, 0.1) is 40.2 Å². The van der Waals surface area contributed by atoms with Crippen molar-refractivity contribution < 1.29 is 18.3 Å². The number of aliphatic hydroxyl groups is 1. The summed E-state index contributed by atoms with van der Waals surface area (Å²) in [4.78, 5) is 17.1. The Morgan fingerprint density at radius 1 is 1.18 bits per heavy atom. The number of fused-ring (bicyclic) bond motifs is 1. The van der Waals surface area contributed by atoms with Gasteiger partial charge in [0, 0.05) is 11.2 Å². The van der Waals surface area contributed by atoms with Gasteiger partial charge < -0.3 is 10.4 Å². The van der Waals surface area contributed by atoms with Crippen molar-refractivity contribution >= 4 is 54.8 Å². The Morgan fingerprint density at radius 3 is 2.68 bits per heavy atom. The number of amides is 1. The van der Waals surface area contributed by atoms with E-state index in [0.29, 0.717) is 21.5 Å². The number of nitrogens with zero attached hydrogens (tertiary/aromatic N) is 2. The Labute approximate surface area is 205 Å². The number of hydrogen-bond acceptors (Lipinski definition) is 7. The molecule has 0 aliphatic rings. The molecule has 1 unspecified atom stereocenters. The van der Waals surface area contributed by atoms with Gasteiger partial charge in [0.25, 0.3) is 15.9 Å². The van der Waals surface area contributed by atoms with E-state index < -0.39 is 22.0 Å². The molecule has 8 nitrogen and oxygen atoms in total. The molecule has 4 rings (SSSR count). The first kappa shape index (κ1) is 24.1. The maximum Gasteiger partial charge on any atom is 0.280 e. The van der Waals surface area contributed by atoms with Crippen LogP contribution in [0, 0.1) is 6.92 Å². The van der Waals surface area contributed by atoms with Gasteiger partial charge in [0.15, 0.2) is 5.03 Å². The van der Waals surface area contributed by atoms with Crippen molar-refractivity contribution in [3.8, 4) is 0 Å².